The first-order valence-corrected chi connectivity index (χ1v) is 15.4. The summed E-state index contributed by atoms with van der Waals surface area (Å²) < 4.78 is 167. The SMILES string of the molecule is [2H]c1c([2H])c([2H])c(-c2ccc3oc(-c4ccc5c(ccc6ccccc65)c4)c(-c4c5c([2H])c([2H])c([2H])c([2H])c5c(-c5c([2H])c([2H])c([2H])c([2H])c5[2H])c5c([2H])c([2H])c([2H])c([2H])c45)c3c2)c([2H])c1[2H]. The molecule has 0 radical (unpaired) electrons. The van der Waals surface area contributed by atoms with Crippen LogP contribution in [0.3, 0.4) is 0 Å². The first-order chi connectivity index (χ1) is 31.8. The van der Waals surface area contributed by atoms with Gasteiger partial charge in [0, 0.05) is 22.1 Å². The monoisotopic (exact) mass is 640 g/mol. The fourth-order valence-electron chi connectivity index (χ4n) is 6.75. The minimum absolute atomic E-state index is 0.0297. The highest BCUT2D eigenvalue weighted by atomic mass is 16.3. The lowest BCUT2D eigenvalue weighted by molar-refractivity contribution is 0.632. The molecule has 0 amide bonds. The molecule has 10 rings (SSSR count). The number of rotatable bonds is 4. The van der Waals surface area contributed by atoms with E-state index >= 15 is 0 Å². The Labute approximate surface area is 309 Å². The molecule has 1 nitrogen and oxygen atoms in total. The summed E-state index contributed by atoms with van der Waals surface area (Å²) in [7, 11) is 0. The molecule has 0 atom stereocenters. The van der Waals surface area contributed by atoms with Crippen LogP contribution in [0.2, 0.25) is 0 Å². The van der Waals surface area contributed by atoms with Crippen molar-refractivity contribution in [2.24, 2.45) is 0 Å². The van der Waals surface area contributed by atoms with Crippen molar-refractivity contribution in [1.82, 2.24) is 0 Å². The number of hydrogen-bond donors (Lipinski definition) is 0. The predicted octanol–water partition coefficient (Wildman–Crippen LogP) is 13.7. The molecule has 1 heteroatoms. The molecule has 0 aliphatic carbocycles. The van der Waals surface area contributed by atoms with Gasteiger partial charge in [-0.15, -0.1) is 0 Å². The molecule has 0 N–H and O–H groups in total. The highest BCUT2D eigenvalue weighted by molar-refractivity contribution is 6.25. The minimum Gasteiger partial charge on any atom is -0.455 e. The summed E-state index contributed by atoms with van der Waals surface area (Å²) in [4.78, 5) is 0. The van der Waals surface area contributed by atoms with Crippen molar-refractivity contribution in [3.63, 3.8) is 0 Å². The van der Waals surface area contributed by atoms with Crippen molar-refractivity contribution in [2.45, 2.75) is 0 Å². The molecule has 0 bridgehead atoms. The third-order valence-corrected chi connectivity index (χ3v) is 8.86. The highest BCUT2D eigenvalue weighted by Crippen LogP contribution is 2.50. The van der Waals surface area contributed by atoms with E-state index in [0.29, 0.717) is 5.56 Å². The van der Waals surface area contributed by atoms with Gasteiger partial charge in [-0.1, -0.05) is 163 Å². The third kappa shape index (κ3) is 4.40. The van der Waals surface area contributed by atoms with Crippen LogP contribution in [0, 0.1) is 0 Å². The van der Waals surface area contributed by atoms with Crippen molar-refractivity contribution in [3.8, 4) is 44.7 Å². The molecule has 0 unspecified atom stereocenters. The fraction of sp³-hybridized carbons (Fsp3) is 0. The van der Waals surface area contributed by atoms with Crippen LogP contribution in [-0.4, -0.2) is 0 Å². The van der Waals surface area contributed by atoms with Crippen molar-refractivity contribution in [1.29, 1.82) is 0 Å². The van der Waals surface area contributed by atoms with Crippen molar-refractivity contribution >= 4 is 54.1 Å². The number of hydrogen-bond acceptors (Lipinski definition) is 1. The quantitative estimate of drug-likeness (QED) is 0.138. The van der Waals surface area contributed by atoms with E-state index in [2.05, 4.69) is 0 Å². The van der Waals surface area contributed by atoms with Gasteiger partial charge in [0.2, 0.25) is 0 Å². The van der Waals surface area contributed by atoms with Crippen molar-refractivity contribution in [2.75, 3.05) is 0 Å². The van der Waals surface area contributed by atoms with Crippen LogP contribution in [0.15, 0.2) is 186 Å². The molecule has 0 spiro atoms. The van der Waals surface area contributed by atoms with Crippen molar-refractivity contribution < 1.29 is 29.1 Å². The molecule has 1 aromatic heterocycles. The maximum atomic E-state index is 9.60. The predicted molar refractivity (Wildman–Crippen MR) is 208 cm³/mol. The molecule has 228 valence electrons. The van der Waals surface area contributed by atoms with Gasteiger partial charge in [0.25, 0.3) is 0 Å². The average Bonchev–Trinajstić information content (AvgIpc) is 3.71. The largest absolute Gasteiger partial charge is 0.455 e. The standard InChI is InChI=1S/C48H30O/c1-3-13-31(14-4-1)34-26-28-44-43(30-34)47(48(49-44)36-25-27-38-35(29-36)24-23-32-15-7-8-18-37(32)38)46-41-21-11-9-19-39(41)45(33-16-5-2-6-17-33)40-20-10-12-22-42(40)46/h1-30H/i1D,2D,3D,4D,5D,6D,9D,10D,11D,12D,13D,14D,16D,17D,19D,20D,21D,22D. The number of fused-ring (bicyclic) bond motifs is 6. The van der Waals surface area contributed by atoms with E-state index < -0.39 is 131 Å². The Balaban J connectivity index is 1.49. The molecular weight excluding hydrogens is 593 g/mol. The van der Waals surface area contributed by atoms with Gasteiger partial charge in [0.1, 0.15) is 11.3 Å². The first kappa shape index (κ1) is 15.2. The summed E-state index contributed by atoms with van der Waals surface area (Å²) in [5, 5.41) is 2.22. The molecule has 0 fully saturated rings. The maximum Gasteiger partial charge on any atom is 0.143 e. The van der Waals surface area contributed by atoms with E-state index in [4.69, 9.17) is 23.6 Å². The fourth-order valence-corrected chi connectivity index (χ4v) is 6.75. The van der Waals surface area contributed by atoms with Crippen LogP contribution < -0.4 is 0 Å². The van der Waals surface area contributed by atoms with Gasteiger partial charge in [-0.3, -0.25) is 0 Å². The van der Waals surface area contributed by atoms with Gasteiger partial charge in [-0.05, 0) is 83.5 Å². The summed E-state index contributed by atoms with van der Waals surface area (Å²) in [6.07, 6.45) is 0. The van der Waals surface area contributed by atoms with Crippen LogP contribution in [0.1, 0.15) is 24.7 Å². The second-order valence-corrected chi connectivity index (χ2v) is 11.5. The topological polar surface area (TPSA) is 13.1 Å². The Hall–Kier alpha value is -6.44. The van der Waals surface area contributed by atoms with E-state index in [1.165, 1.54) is 18.2 Å². The number of benzene rings is 9. The Morgan fingerprint density at radius 3 is 1.63 bits per heavy atom. The van der Waals surface area contributed by atoms with Crippen LogP contribution in [0.25, 0.3) is 98.8 Å². The normalized spacial score (nSPS) is 16.8. The highest BCUT2D eigenvalue weighted by Gasteiger charge is 2.24. The lowest BCUT2D eigenvalue weighted by Crippen LogP contribution is -1.91. The lowest BCUT2D eigenvalue weighted by Gasteiger charge is -2.18. The lowest BCUT2D eigenvalue weighted by atomic mass is 9.84. The van der Waals surface area contributed by atoms with Gasteiger partial charge in [-0.25, -0.2) is 0 Å². The Morgan fingerprint density at radius 2 is 0.918 bits per heavy atom. The smallest absolute Gasteiger partial charge is 0.143 e. The molecule has 0 aliphatic heterocycles. The number of furan rings is 1. The Kier molecular flexibility index (Phi) is 3.43. The van der Waals surface area contributed by atoms with E-state index in [0.717, 1.165) is 21.5 Å². The Morgan fingerprint density at radius 1 is 0.347 bits per heavy atom. The van der Waals surface area contributed by atoms with Crippen LogP contribution >= 0.6 is 0 Å². The molecule has 0 aliphatic rings. The zero-order chi connectivity index (χ0) is 48.0. The van der Waals surface area contributed by atoms with Gasteiger partial charge < -0.3 is 4.42 Å². The van der Waals surface area contributed by atoms with E-state index in [-0.39, 0.29) is 49.8 Å². The average molecular weight is 641 g/mol. The third-order valence-electron chi connectivity index (χ3n) is 8.86. The minimum atomic E-state index is -0.796. The van der Waals surface area contributed by atoms with E-state index in [9.17, 15) is 5.48 Å². The molecule has 0 saturated heterocycles. The molecule has 10 aromatic rings. The van der Waals surface area contributed by atoms with Gasteiger partial charge in [0.05, 0.1) is 24.7 Å². The molecule has 1 heterocycles. The summed E-state index contributed by atoms with van der Waals surface area (Å²) in [5.41, 5.74) is -0.673. The summed E-state index contributed by atoms with van der Waals surface area (Å²) in [6.45, 7) is 0. The zero-order valence-electron chi connectivity index (χ0n) is 43.3. The molecule has 0 saturated carbocycles. The van der Waals surface area contributed by atoms with Crippen molar-refractivity contribution in [3.05, 3.63) is 182 Å². The summed E-state index contributed by atoms with van der Waals surface area (Å²) in [5.74, 6) is 0.0567. The van der Waals surface area contributed by atoms with Crippen LogP contribution in [-0.2, 0) is 0 Å². The first-order valence-electron chi connectivity index (χ1n) is 24.4. The molecular formula is C48H30O. The van der Waals surface area contributed by atoms with Crippen LogP contribution in [0.4, 0.5) is 0 Å². The van der Waals surface area contributed by atoms with Gasteiger partial charge in [-0.2, -0.15) is 0 Å². The second kappa shape index (κ2) is 11.1. The summed E-state index contributed by atoms with van der Waals surface area (Å²) in [6, 6.07) is 8.89. The summed E-state index contributed by atoms with van der Waals surface area (Å²) >= 11 is 0. The Bertz CT molecular complexity index is 3770. The zero-order valence-corrected chi connectivity index (χ0v) is 25.3. The maximum absolute atomic E-state index is 9.60. The van der Waals surface area contributed by atoms with Gasteiger partial charge >= 0.3 is 0 Å². The molecule has 49 heavy (non-hydrogen) atoms. The second-order valence-electron chi connectivity index (χ2n) is 11.5. The van der Waals surface area contributed by atoms with Crippen LogP contribution in [0.5, 0.6) is 0 Å². The van der Waals surface area contributed by atoms with E-state index in [1.807, 2.05) is 48.5 Å². The molecule has 9 aromatic carbocycles. The van der Waals surface area contributed by atoms with E-state index in [1.54, 1.807) is 6.07 Å². The van der Waals surface area contributed by atoms with Gasteiger partial charge in [0.15, 0.2) is 0 Å².